The quantitative estimate of drug-likeness (QED) is 0.863. The summed E-state index contributed by atoms with van der Waals surface area (Å²) in [5.41, 5.74) is 2.45. The van der Waals surface area contributed by atoms with E-state index in [1.807, 2.05) is 6.07 Å². The summed E-state index contributed by atoms with van der Waals surface area (Å²) in [4.78, 5) is 14.5. The van der Waals surface area contributed by atoms with Crippen LogP contribution in [0.15, 0.2) is 30.6 Å². The highest BCUT2D eigenvalue weighted by molar-refractivity contribution is 5.75. The Morgan fingerprint density at radius 1 is 1.33 bits per heavy atom. The maximum atomic E-state index is 12.0. The molecule has 1 saturated heterocycles. The lowest BCUT2D eigenvalue weighted by atomic mass is 9.99. The number of nitrogens with zero attached hydrogens (tertiary/aromatic N) is 5. The molecule has 0 spiro atoms. The lowest BCUT2D eigenvalue weighted by Crippen LogP contribution is -2.34. The van der Waals surface area contributed by atoms with Gasteiger partial charge >= 0.3 is 0 Å². The van der Waals surface area contributed by atoms with E-state index in [2.05, 4.69) is 50.9 Å². The molecule has 0 radical (unpaired) electrons. The molecular formula is C17H24N6O. The first-order valence-corrected chi connectivity index (χ1v) is 8.47. The molecule has 24 heavy (non-hydrogen) atoms. The molecule has 0 aliphatic carbocycles. The minimum atomic E-state index is -0.0938. The van der Waals surface area contributed by atoms with E-state index in [4.69, 9.17) is 0 Å². The zero-order valence-corrected chi connectivity index (χ0v) is 14.1. The summed E-state index contributed by atoms with van der Waals surface area (Å²) >= 11 is 0. The van der Waals surface area contributed by atoms with E-state index in [-0.39, 0.29) is 12.5 Å². The average molecular weight is 328 g/mol. The molecule has 1 fully saturated rings. The average Bonchev–Trinajstić information content (AvgIpc) is 3.07. The van der Waals surface area contributed by atoms with Crippen LogP contribution in [0.1, 0.15) is 30.9 Å². The summed E-state index contributed by atoms with van der Waals surface area (Å²) in [6, 6.07) is 8.32. The first-order chi connectivity index (χ1) is 11.7. The molecule has 1 atom stereocenters. The maximum Gasteiger partial charge on any atom is 0.242 e. The Morgan fingerprint density at radius 2 is 2.17 bits per heavy atom. The van der Waals surface area contributed by atoms with E-state index in [9.17, 15) is 4.79 Å². The highest BCUT2D eigenvalue weighted by Crippen LogP contribution is 2.19. The van der Waals surface area contributed by atoms with Gasteiger partial charge in [0.25, 0.3) is 0 Å². The van der Waals surface area contributed by atoms with E-state index >= 15 is 0 Å². The zero-order chi connectivity index (χ0) is 16.8. The molecule has 7 heteroatoms. The Morgan fingerprint density at radius 3 is 2.92 bits per heavy atom. The molecule has 128 valence electrons. The summed E-state index contributed by atoms with van der Waals surface area (Å²) in [6.07, 6.45) is 4.03. The summed E-state index contributed by atoms with van der Waals surface area (Å²) in [7, 11) is 0. The Bertz CT molecular complexity index is 657. The van der Waals surface area contributed by atoms with Gasteiger partial charge in [0, 0.05) is 19.6 Å². The number of carbonyl (C=O) groups is 1. The molecule has 0 unspecified atom stereocenters. The Labute approximate surface area is 142 Å². The highest BCUT2D eigenvalue weighted by Gasteiger charge is 2.17. The van der Waals surface area contributed by atoms with Gasteiger partial charge in [0.1, 0.15) is 12.9 Å². The fourth-order valence-electron chi connectivity index (χ4n) is 3.20. The van der Waals surface area contributed by atoms with Crippen molar-refractivity contribution in [3.8, 4) is 0 Å². The fraction of sp³-hybridized carbons (Fsp3) is 0.529. The largest absolute Gasteiger partial charge is 0.350 e. The van der Waals surface area contributed by atoms with Gasteiger partial charge in [-0.3, -0.25) is 9.69 Å². The van der Waals surface area contributed by atoms with Crippen molar-refractivity contribution in [1.82, 2.24) is 30.4 Å². The van der Waals surface area contributed by atoms with Crippen molar-refractivity contribution in [2.75, 3.05) is 13.1 Å². The number of aromatic nitrogens is 4. The maximum absolute atomic E-state index is 12.0. The number of benzene rings is 1. The van der Waals surface area contributed by atoms with Crippen LogP contribution in [0.5, 0.6) is 0 Å². The van der Waals surface area contributed by atoms with E-state index in [0.29, 0.717) is 6.54 Å². The minimum absolute atomic E-state index is 0.0938. The molecule has 2 aromatic rings. The lowest BCUT2D eigenvalue weighted by molar-refractivity contribution is -0.122. The van der Waals surface area contributed by atoms with E-state index in [1.165, 1.54) is 35.0 Å². The van der Waals surface area contributed by atoms with Gasteiger partial charge in [-0.2, -0.15) is 0 Å². The molecule has 1 amide bonds. The standard InChI is InChI=1S/C17H24N6O/c1-14-5-4-8-22(10-14)11-16-7-3-2-6-15(16)9-18-17(24)12-23-13-19-20-21-23/h2-3,6-7,13-14H,4-5,8-12H2,1H3,(H,18,24)/t14-/m0/s1. The third kappa shape index (κ3) is 4.61. The van der Waals surface area contributed by atoms with Crippen LogP contribution in [0.25, 0.3) is 0 Å². The molecule has 1 aliphatic heterocycles. The summed E-state index contributed by atoms with van der Waals surface area (Å²) in [5, 5.41) is 13.7. The predicted molar refractivity (Wildman–Crippen MR) is 89.8 cm³/mol. The number of likely N-dealkylation sites (tertiary alicyclic amines) is 1. The highest BCUT2D eigenvalue weighted by atomic mass is 16.2. The van der Waals surface area contributed by atoms with Crippen LogP contribution in [0.2, 0.25) is 0 Å². The second-order valence-corrected chi connectivity index (χ2v) is 6.54. The van der Waals surface area contributed by atoms with Crippen LogP contribution in [0.4, 0.5) is 0 Å². The Balaban J connectivity index is 1.56. The smallest absolute Gasteiger partial charge is 0.242 e. The van der Waals surface area contributed by atoms with Crippen LogP contribution in [0.3, 0.4) is 0 Å². The van der Waals surface area contributed by atoms with Gasteiger partial charge in [0.05, 0.1) is 0 Å². The monoisotopic (exact) mass is 328 g/mol. The van der Waals surface area contributed by atoms with Gasteiger partial charge in [0.2, 0.25) is 5.91 Å². The van der Waals surface area contributed by atoms with Gasteiger partial charge in [-0.25, -0.2) is 4.68 Å². The van der Waals surface area contributed by atoms with Crippen molar-refractivity contribution in [3.05, 3.63) is 41.7 Å². The topological polar surface area (TPSA) is 75.9 Å². The first-order valence-electron chi connectivity index (χ1n) is 8.47. The molecule has 1 aromatic carbocycles. The number of hydrogen-bond acceptors (Lipinski definition) is 5. The van der Waals surface area contributed by atoms with Crippen molar-refractivity contribution in [1.29, 1.82) is 0 Å². The van der Waals surface area contributed by atoms with Crippen LogP contribution < -0.4 is 5.32 Å². The number of nitrogens with one attached hydrogen (secondary N) is 1. The Kier molecular flexibility index (Phi) is 5.53. The molecule has 2 heterocycles. The number of amides is 1. The fourth-order valence-corrected chi connectivity index (χ4v) is 3.20. The third-order valence-electron chi connectivity index (χ3n) is 4.43. The summed E-state index contributed by atoms with van der Waals surface area (Å²) in [6.45, 7) is 6.24. The molecule has 1 N–H and O–H groups in total. The minimum Gasteiger partial charge on any atom is -0.350 e. The van der Waals surface area contributed by atoms with E-state index < -0.39 is 0 Å². The van der Waals surface area contributed by atoms with Gasteiger partial charge in [-0.15, -0.1) is 5.10 Å². The van der Waals surface area contributed by atoms with Gasteiger partial charge in [-0.05, 0) is 46.9 Å². The lowest BCUT2D eigenvalue weighted by Gasteiger charge is -2.31. The predicted octanol–water partition coefficient (Wildman–Crippen LogP) is 1.22. The molecule has 0 bridgehead atoms. The SMILES string of the molecule is C[C@H]1CCCN(Cc2ccccc2CNC(=O)Cn2cnnn2)C1. The van der Waals surface area contributed by atoms with Gasteiger partial charge < -0.3 is 5.32 Å². The van der Waals surface area contributed by atoms with Crippen molar-refractivity contribution in [2.24, 2.45) is 5.92 Å². The molecule has 0 saturated carbocycles. The second kappa shape index (κ2) is 8.01. The van der Waals surface area contributed by atoms with E-state index in [1.54, 1.807) is 0 Å². The van der Waals surface area contributed by atoms with Crippen molar-refractivity contribution in [3.63, 3.8) is 0 Å². The zero-order valence-electron chi connectivity index (χ0n) is 14.1. The second-order valence-electron chi connectivity index (χ2n) is 6.54. The first kappa shape index (κ1) is 16.6. The number of hydrogen-bond donors (Lipinski definition) is 1. The van der Waals surface area contributed by atoms with Gasteiger partial charge in [0.15, 0.2) is 0 Å². The van der Waals surface area contributed by atoms with Crippen molar-refractivity contribution >= 4 is 5.91 Å². The number of carbonyl (C=O) groups excluding carboxylic acids is 1. The van der Waals surface area contributed by atoms with E-state index in [0.717, 1.165) is 25.6 Å². The summed E-state index contributed by atoms with van der Waals surface area (Å²) in [5.74, 6) is 0.672. The molecule has 3 rings (SSSR count). The van der Waals surface area contributed by atoms with Crippen LogP contribution in [-0.4, -0.2) is 44.1 Å². The van der Waals surface area contributed by atoms with Crippen LogP contribution >= 0.6 is 0 Å². The number of piperidine rings is 1. The summed E-state index contributed by atoms with van der Waals surface area (Å²) < 4.78 is 1.41. The Hall–Kier alpha value is -2.28. The molecule has 7 nitrogen and oxygen atoms in total. The van der Waals surface area contributed by atoms with Crippen LogP contribution in [0, 0.1) is 5.92 Å². The number of tetrazole rings is 1. The third-order valence-corrected chi connectivity index (χ3v) is 4.43. The molecular weight excluding hydrogens is 304 g/mol. The molecule has 1 aromatic heterocycles. The molecule has 1 aliphatic rings. The normalized spacial score (nSPS) is 18.5. The van der Waals surface area contributed by atoms with Gasteiger partial charge in [-0.1, -0.05) is 31.2 Å². The number of rotatable bonds is 6. The van der Waals surface area contributed by atoms with Crippen molar-refractivity contribution < 1.29 is 4.79 Å². The van der Waals surface area contributed by atoms with Crippen molar-refractivity contribution in [2.45, 2.75) is 39.4 Å². The van der Waals surface area contributed by atoms with Crippen LogP contribution in [-0.2, 0) is 24.4 Å².